The normalized spacial score (nSPS) is 11.9. The van der Waals surface area contributed by atoms with Crippen LogP contribution in [-0.4, -0.2) is 37.2 Å². The molecule has 0 amide bonds. The Morgan fingerprint density at radius 1 is 0.396 bits per heavy atom. The molecule has 0 bridgehead atoms. The van der Waals surface area contributed by atoms with Crippen LogP contribution in [0.4, 0.5) is 0 Å². The maximum Gasteiger partial charge on any atom is 0.306 e. The van der Waals surface area contributed by atoms with E-state index in [-0.39, 0.29) is 31.1 Å². The van der Waals surface area contributed by atoms with Gasteiger partial charge in [0.1, 0.15) is 13.2 Å². The van der Waals surface area contributed by atoms with Crippen molar-refractivity contribution < 1.29 is 28.6 Å². The third kappa shape index (κ3) is 35.7. The van der Waals surface area contributed by atoms with E-state index in [0.717, 1.165) is 70.1 Å². The second-order valence-corrected chi connectivity index (χ2v) is 14.7. The van der Waals surface area contributed by atoms with Crippen LogP contribution in [0.1, 0.15) is 227 Å². The highest BCUT2D eigenvalue weighted by molar-refractivity contribution is 5.71. The first kappa shape index (κ1) is 46.4. The van der Waals surface area contributed by atoms with E-state index in [0.29, 0.717) is 19.3 Å². The predicted molar refractivity (Wildman–Crippen MR) is 201 cm³/mol. The standard InChI is InChI=1S/C42H80O6/c1-5-7-9-11-12-13-14-15-16-17-18-19-20-21-26-30-34-41(44)47-37-39(36-46-40(43)33-29-24-10-8-6-2)48-42(45)35-31-27-23-22-25-28-32-38(3)4/h38-39H,5-37H2,1-4H3/t39-/m0/s1. The first-order chi connectivity index (χ1) is 23.4. The Morgan fingerprint density at radius 3 is 1.02 bits per heavy atom. The lowest BCUT2D eigenvalue weighted by Crippen LogP contribution is -2.30. The molecule has 0 fully saturated rings. The van der Waals surface area contributed by atoms with Crippen LogP contribution in [0, 0.1) is 5.92 Å². The van der Waals surface area contributed by atoms with Gasteiger partial charge < -0.3 is 14.2 Å². The molecular formula is C42H80O6. The molecule has 6 heteroatoms. The summed E-state index contributed by atoms with van der Waals surface area (Å²) in [7, 11) is 0. The van der Waals surface area contributed by atoms with E-state index in [2.05, 4.69) is 27.7 Å². The Labute approximate surface area is 298 Å². The fourth-order valence-electron chi connectivity index (χ4n) is 6.10. The summed E-state index contributed by atoms with van der Waals surface area (Å²) >= 11 is 0. The number of unbranched alkanes of at least 4 members (excludes halogenated alkanes) is 24. The predicted octanol–water partition coefficient (Wildman–Crippen LogP) is 12.8. The summed E-state index contributed by atoms with van der Waals surface area (Å²) in [6, 6.07) is 0. The van der Waals surface area contributed by atoms with Gasteiger partial charge in [-0.1, -0.05) is 188 Å². The summed E-state index contributed by atoms with van der Waals surface area (Å²) in [5.74, 6) is -0.120. The highest BCUT2D eigenvalue weighted by atomic mass is 16.6. The molecule has 284 valence electrons. The Balaban J connectivity index is 4.16. The van der Waals surface area contributed by atoms with Gasteiger partial charge in [-0.3, -0.25) is 14.4 Å². The van der Waals surface area contributed by atoms with Crippen molar-refractivity contribution in [2.45, 2.75) is 233 Å². The number of carbonyl (C=O) groups is 3. The zero-order chi connectivity index (χ0) is 35.3. The van der Waals surface area contributed by atoms with Crippen LogP contribution in [0.25, 0.3) is 0 Å². The van der Waals surface area contributed by atoms with Crippen molar-refractivity contribution in [3.05, 3.63) is 0 Å². The Morgan fingerprint density at radius 2 is 0.688 bits per heavy atom. The number of hydrogen-bond acceptors (Lipinski definition) is 6. The van der Waals surface area contributed by atoms with Gasteiger partial charge in [0.05, 0.1) is 0 Å². The van der Waals surface area contributed by atoms with Crippen LogP contribution >= 0.6 is 0 Å². The molecule has 0 aliphatic rings. The van der Waals surface area contributed by atoms with Crippen molar-refractivity contribution in [1.29, 1.82) is 0 Å². The lowest BCUT2D eigenvalue weighted by molar-refractivity contribution is -0.167. The average molecular weight is 681 g/mol. The molecule has 0 N–H and O–H groups in total. The van der Waals surface area contributed by atoms with Gasteiger partial charge in [-0.15, -0.1) is 0 Å². The van der Waals surface area contributed by atoms with E-state index in [4.69, 9.17) is 14.2 Å². The molecule has 48 heavy (non-hydrogen) atoms. The van der Waals surface area contributed by atoms with Crippen LogP contribution < -0.4 is 0 Å². The molecule has 0 aliphatic heterocycles. The lowest BCUT2D eigenvalue weighted by atomic mass is 10.0. The quantitative estimate of drug-likeness (QED) is 0.0369. The van der Waals surface area contributed by atoms with Gasteiger partial charge in [-0.2, -0.15) is 0 Å². The molecule has 1 atom stereocenters. The number of ether oxygens (including phenoxy) is 3. The first-order valence-electron chi connectivity index (χ1n) is 20.9. The van der Waals surface area contributed by atoms with E-state index >= 15 is 0 Å². The molecule has 0 rings (SSSR count). The molecule has 0 saturated carbocycles. The maximum atomic E-state index is 12.6. The molecule has 0 aromatic heterocycles. The molecule has 0 aromatic carbocycles. The molecule has 6 nitrogen and oxygen atoms in total. The minimum atomic E-state index is -0.757. The number of hydrogen-bond donors (Lipinski definition) is 0. The molecule has 0 saturated heterocycles. The van der Waals surface area contributed by atoms with Gasteiger partial charge >= 0.3 is 17.9 Å². The fourth-order valence-corrected chi connectivity index (χ4v) is 6.10. The number of rotatable bonds is 37. The number of carbonyl (C=O) groups excluding carboxylic acids is 3. The maximum absolute atomic E-state index is 12.6. The Bertz CT molecular complexity index is 721. The monoisotopic (exact) mass is 681 g/mol. The van der Waals surface area contributed by atoms with E-state index in [9.17, 15) is 14.4 Å². The van der Waals surface area contributed by atoms with Crippen molar-refractivity contribution in [3.8, 4) is 0 Å². The summed E-state index contributed by atoms with van der Waals surface area (Å²) in [6.07, 6.45) is 34.2. The van der Waals surface area contributed by atoms with Crippen LogP contribution in [0.3, 0.4) is 0 Å². The van der Waals surface area contributed by atoms with Crippen molar-refractivity contribution >= 4 is 17.9 Å². The number of esters is 3. The summed E-state index contributed by atoms with van der Waals surface area (Å²) in [5, 5.41) is 0. The highest BCUT2D eigenvalue weighted by Crippen LogP contribution is 2.15. The van der Waals surface area contributed by atoms with Gasteiger partial charge in [0.15, 0.2) is 6.10 Å². The third-order valence-corrected chi connectivity index (χ3v) is 9.29. The van der Waals surface area contributed by atoms with Gasteiger partial charge in [0, 0.05) is 19.3 Å². The summed E-state index contributed by atoms with van der Waals surface area (Å²) in [6.45, 7) is 8.83. The molecule has 0 aromatic rings. The Kier molecular flexibility index (Phi) is 35.5. The molecule has 0 aliphatic carbocycles. The zero-order valence-electron chi connectivity index (χ0n) is 32.4. The summed E-state index contributed by atoms with van der Waals surface area (Å²) in [5.41, 5.74) is 0. The van der Waals surface area contributed by atoms with Gasteiger partial charge in [0.25, 0.3) is 0 Å². The zero-order valence-corrected chi connectivity index (χ0v) is 32.4. The van der Waals surface area contributed by atoms with Crippen molar-refractivity contribution in [1.82, 2.24) is 0 Å². The Hall–Kier alpha value is -1.59. The fraction of sp³-hybridized carbons (Fsp3) is 0.929. The van der Waals surface area contributed by atoms with Crippen molar-refractivity contribution in [3.63, 3.8) is 0 Å². The molecule has 0 spiro atoms. The molecular weight excluding hydrogens is 600 g/mol. The second kappa shape index (κ2) is 36.7. The van der Waals surface area contributed by atoms with Crippen LogP contribution in [0.5, 0.6) is 0 Å². The van der Waals surface area contributed by atoms with E-state index in [1.807, 2.05) is 0 Å². The molecule has 0 radical (unpaired) electrons. The smallest absolute Gasteiger partial charge is 0.306 e. The highest BCUT2D eigenvalue weighted by Gasteiger charge is 2.19. The lowest BCUT2D eigenvalue weighted by Gasteiger charge is -2.18. The van der Waals surface area contributed by atoms with Crippen LogP contribution in [0.15, 0.2) is 0 Å². The van der Waals surface area contributed by atoms with Crippen molar-refractivity contribution in [2.24, 2.45) is 5.92 Å². The SMILES string of the molecule is CCCCCCCCCCCCCCCCCCC(=O)OC[C@H](COC(=O)CCCCCCC)OC(=O)CCCCCCCCC(C)C. The van der Waals surface area contributed by atoms with Crippen LogP contribution in [0.2, 0.25) is 0 Å². The second-order valence-electron chi connectivity index (χ2n) is 14.7. The molecule has 0 heterocycles. The largest absolute Gasteiger partial charge is 0.462 e. The summed E-state index contributed by atoms with van der Waals surface area (Å²) < 4.78 is 16.5. The summed E-state index contributed by atoms with van der Waals surface area (Å²) in [4.78, 5) is 37.3. The topological polar surface area (TPSA) is 78.9 Å². The van der Waals surface area contributed by atoms with E-state index in [1.165, 1.54) is 116 Å². The molecule has 0 unspecified atom stereocenters. The van der Waals surface area contributed by atoms with E-state index < -0.39 is 6.10 Å². The third-order valence-electron chi connectivity index (χ3n) is 9.29. The van der Waals surface area contributed by atoms with Gasteiger partial charge in [0.2, 0.25) is 0 Å². The minimum Gasteiger partial charge on any atom is -0.462 e. The van der Waals surface area contributed by atoms with Gasteiger partial charge in [-0.05, 0) is 25.2 Å². The minimum absolute atomic E-state index is 0.0664. The average Bonchev–Trinajstić information content (AvgIpc) is 3.06. The first-order valence-corrected chi connectivity index (χ1v) is 20.9. The van der Waals surface area contributed by atoms with Crippen molar-refractivity contribution in [2.75, 3.05) is 13.2 Å². The van der Waals surface area contributed by atoms with Gasteiger partial charge in [-0.25, -0.2) is 0 Å². The van der Waals surface area contributed by atoms with Crippen LogP contribution in [-0.2, 0) is 28.6 Å². The van der Waals surface area contributed by atoms with E-state index in [1.54, 1.807) is 0 Å².